The first-order valence-electron chi connectivity index (χ1n) is 6.65. The van der Waals surface area contributed by atoms with Crippen LogP contribution >= 0.6 is 11.6 Å². The van der Waals surface area contributed by atoms with Crippen LogP contribution in [0.3, 0.4) is 0 Å². The predicted molar refractivity (Wildman–Crippen MR) is 80.5 cm³/mol. The lowest BCUT2D eigenvalue weighted by Gasteiger charge is -2.22. The number of hydrogen-bond donors (Lipinski definition) is 2. The lowest BCUT2D eigenvalue weighted by Crippen LogP contribution is -2.40. The molecule has 5 nitrogen and oxygen atoms in total. The Morgan fingerprint density at radius 2 is 1.86 bits per heavy atom. The van der Waals surface area contributed by atoms with E-state index in [1.165, 1.54) is 7.11 Å². The molecule has 0 aliphatic heterocycles. The minimum atomic E-state index is -1.11. The van der Waals surface area contributed by atoms with Gasteiger partial charge in [0.05, 0.1) is 12.5 Å². The number of nitrogens with one attached hydrogen (secondary N) is 1. The molecule has 1 rings (SSSR count). The Morgan fingerprint density at radius 3 is 2.29 bits per heavy atom. The third-order valence-electron chi connectivity index (χ3n) is 3.20. The van der Waals surface area contributed by atoms with Crippen molar-refractivity contribution in [2.45, 2.75) is 25.9 Å². The number of hydrogen-bond acceptors (Lipinski definition) is 3. The fourth-order valence-corrected chi connectivity index (χ4v) is 2.21. The second kappa shape index (κ2) is 8.00. The summed E-state index contributed by atoms with van der Waals surface area (Å²) in [5.41, 5.74) is 0.844. The van der Waals surface area contributed by atoms with Crippen LogP contribution in [0.2, 0.25) is 5.02 Å². The summed E-state index contributed by atoms with van der Waals surface area (Å²) in [4.78, 5) is 23.2. The summed E-state index contributed by atoms with van der Waals surface area (Å²) in [6.07, 6.45) is -1.05. The van der Waals surface area contributed by atoms with Crippen LogP contribution in [0.5, 0.6) is 0 Å². The quantitative estimate of drug-likeness (QED) is 0.810. The van der Waals surface area contributed by atoms with E-state index in [0.717, 1.165) is 5.56 Å². The maximum absolute atomic E-state index is 12.3. The number of aliphatic carboxylic acids is 1. The van der Waals surface area contributed by atoms with Gasteiger partial charge in [0.1, 0.15) is 0 Å². The van der Waals surface area contributed by atoms with Crippen molar-refractivity contribution < 1.29 is 19.4 Å². The fraction of sp³-hybridized carbons (Fsp3) is 0.467. The first-order valence-corrected chi connectivity index (χ1v) is 7.03. The van der Waals surface area contributed by atoms with Crippen molar-refractivity contribution >= 4 is 23.5 Å². The largest absolute Gasteiger partial charge is 0.479 e. The second-order valence-corrected chi connectivity index (χ2v) is 5.52. The van der Waals surface area contributed by atoms with E-state index in [1.807, 2.05) is 13.8 Å². The highest BCUT2D eigenvalue weighted by molar-refractivity contribution is 6.30. The van der Waals surface area contributed by atoms with Gasteiger partial charge in [-0.3, -0.25) is 4.79 Å². The first kappa shape index (κ1) is 17.5. The van der Waals surface area contributed by atoms with Crippen LogP contribution in [-0.4, -0.2) is 36.7 Å². The lowest BCUT2D eigenvalue weighted by atomic mass is 9.87. The van der Waals surface area contributed by atoms with Crippen molar-refractivity contribution in [2.75, 3.05) is 13.7 Å². The third-order valence-corrected chi connectivity index (χ3v) is 3.45. The molecule has 0 aromatic heterocycles. The molecule has 0 saturated heterocycles. The van der Waals surface area contributed by atoms with Crippen LogP contribution in [0.25, 0.3) is 0 Å². The Labute approximate surface area is 129 Å². The number of halogens is 1. The number of ether oxygens (including phenoxy) is 1. The summed E-state index contributed by atoms with van der Waals surface area (Å²) in [5, 5.41) is 12.1. The Morgan fingerprint density at radius 1 is 1.29 bits per heavy atom. The van der Waals surface area contributed by atoms with Crippen LogP contribution in [-0.2, 0) is 14.3 Å². The Hall–Kier alpha value is -1.59. The zero-order valence-corrected chi connectivity index (χ0v) is 13.1. The van der Waals surface area contributed by atoms with Gasteiger partial charge < -0.3 is 15.2 Å². The van der Waals surface area contributed by atoms with Gasteiger partial charge in [-0.15, -0.1) is 0 Å². The highest BCUT2D eigenvalue weighted by atomic mass is 35.5. The molecule has 0 radical (unpaired) electrons. The molecule has 2 atom stereocenters. The van der Waals surface area contributed by atoms with Gasteiger partial charge in [-0.1, -0.05) is 37.6 Å². The monoisotopic (exact) mass is 313 g/mol. The van der Waals surface area contributed by atoms with E-state index in [4.69, 9.17) is 21.4 Å². The number of carboxylic acid groups (broad SMARTS) is 1. The molecule has 0 aliphatic rings. The van der Waals surface area contributed by atoms with Gasteiger partial charge in [0, 0.05) is 12.1 Å². The summed E-state index contributed by atoms with van der Waals surface area (Å²) < 4.78 is 4.79. The first-order chi connectivity index (χ1) is 9.86. The molecule has 1 aromatic rings. The molecule has 2 unspecified atom stereocenters. The van der Waals surface area contributed by atoms with Gasteiger partial charge in [-0.05, 0) is 23.6 Å². The SMILES string of the molecule is COC(CNC(=O)C(c1ccc(Cl)cc1)C(C)C)C(=O)O. The van der Waals surface area contributed by atoms with Gasteiger partial charge in [-0.2, -0.15) is 0 Å². The molecule has 0 bridgehead atoms. The van der Waals surface area contributed by atoms with Crippen molar-refractivity contribution in [3.63, 3.8) is 0 Å². The van der Waals surface area contributed by atoms with E-state index < -0.39 is 12.1 Å². The molecular formula is C15H20ClNO4. The molecule has 21 heavy (non-hydrogen) atoms. The number of methoxy groups -OCH3 is 1. The van der Waals surface area contributed by atoms with E-state index in [-0.39, 0.29) is 24.3 Å². The van der Waals surface area contributed by atoms with Gasteiger partial charge in [0.25, 0.3) is 0 Å². The van der Waals surface area contributed by atoms with Crippen LogP contribution in [0.15, 0.2) is 24.3 Å². The molecule has 1 aromatic carbocycles. The maximum atomic E-state index is 12.3. The van der Waals surface area contributed by atoms with Crippen LogP contribution in [0.4, 0.5) is 0 Å². The molecule has 0 heterocycles. The van der Waals surface area contributed by atoms with Crippen molar-refractivity contribution in [1.29, 1.82) is 0 Å². The minimum Gasteiger partial charge on any atom is -0.479 e. The van der Waals surface area contributed by atoms with Crippen LogP contribution < -0.4 is 5.32 Å². The van der Waals surface area contributed by atoms with Gasteiger partial charge >= 0.3 is 5.97 Å². The van der Waals surface area contributed by atoms with E-state index >= 15 is 0 Å². The third kappa shape index (κ3) is 5.02. The highest BCUT2D eigenvalue weighted by Crippen LogP contribution is 2.25. The summed E-state index contributed by atoms with van der Waals surface area (Å²) in [6.45, 7) is 3.80. The Bertz CT molecular complexity index is 487. The number of amides is 1. The fourth-order valence-electron chi connectivity index (χ4n) is 2.08. The molecule has 6 heteroatoms. The summed E-state index contributed by atoms with van der Waals surface area (Å²) in [6, 6.07) is 7.07. The normalized spacial score (nSPS) is 13.8. The van der Waals surface area contributed by atoms with Gasteiger partial charge in [-0.25, -0.2) is 4.79 Å². The summed E-state index contributed by atoms with van der Waals surface area (Å²) in [5.74, 6) is -1.63. The molecule has 0 saturated carbocycles. The number of benzene rings is 1. The Balaban J connectivity index is 2.79. The summed E-state index contributed by atoms with van der Waals surface area (Å²) in [7, 11) is 1.30. The molecule has 0 fully saturated rings. The van der Waals surface area contributed by atoms with Crippen molar-refractivity contribution in [3.05, 3.63) is 34.9 Å². The number of carboxylic acids is 1. The molecule has 2 N–H and O–H groups in total. The second-order valence-electron chi connectivity index (χ2n) is 5.08. The smallest absolute Gasteiger partial charge is 0.334 e. The molecule has 1 amide bonds. The average Bonchev–Trinajstić information content (AvgIpc) is 2.41. The zero-order chi connectivity index (χ0) is 16.0. The van der Waals surface area contributed by atoms with E-state index in [0.29, 0.717) is 5.02 Å². The summed E-state index contributed by atoms with van der Waals surface area (Å²) >= 11 is 5.85. The van der Waals surface area contributed by atoms with E-state index in [1.54, 1.807) is 24.3 Å². The number of carbonyl (C=O) groups is 2. The molecule has 0 spiro atoms. The average molecular weight is 314 g/mol. The molecule has 0 aliphatic carbocycles. The van der Waals surface area contributed by atoms with E-state index in [9.17, 15) is 9.59 Å². The lowest BCUT2D eigenvalue weighted by molar-refractivity contribution is -0.148. The van der Waals surface area contributed by atoms with Crippen molar-refractivity contribution in [2.24, 2.45) is 5.92 Å². The Kier molecular flexibility index (Phi) is 6.65. The standard InChI is InChI=1S/C15H20ClNO4/c1-9(2)13(10-4-6-11(16)7-5-10)14(18)17-8-12(21-3)15(19)20/h4-7,9,12-13H,8H2,1-3H3,(H,17,18)(H,19,20). The molecular weight excluding hydrogens is 294 g/mol. The zero-order valence-electron chi connectivity index (χ0n) is 12.3. The predicted octanol–water partition coefficient (Wildman–Crippen LogP) is 2.30. The maximum Gasteiger partial charge on any atom is 0.334 e. The number of carbonyl (C=O) groups excluding carboxylic acids is 1. The van der Waals surface area contributed by atoms with Crippen molar-refractivity contribution in [3.8, 4) is 0 Å². The van der Waals surface area contributed by atoms with Crippen LogP contribution in [0, 0.1) is 5.92 Å². The van der Waals surface area contributed by atoms with Gasteiger partial charge in [0.2, 0.25) is 5.91 Å². The van der Waals surface area contributed by atoms with E-state index in [2.05, 4.69) is 5.32 Å². The van der Waals surface area contributed by atoms with Gasteiger partial charge in [0.15, 0.2) is 6.10 Å². The highest BCUT2D eigenvalue weighted by Gasteiger charge is 2.26. The van der Waals surface area contributed by atoms with Crippen molar-refractivity contribution in [1.82, 2.24) is 5.32 Å². The topological polar surface area (TPSA) is 75.6 Å². The van der Waals surface area contributed by atoms with Crippen LogP contribution in [0.1, 0.15) is 25.3 Å². The minimum absolute atomic E-state index is 0.0667. The molecule has 116 valence electrons. The number of rotatable bonds is 7.